The maximum atomic E-state index is 5.70. The van der Waals surface area contributed by atoms with Gasteiger partial charge in [-0.15, -0.1) is 0 Å². The molecule has 2 N–H and O–H groups in total. The maximum Gasteiger partial charge on any atom is 0.225 e. The highest BCUT2D eigenvalue weighted by molar-refractivity contribution is 5.64. The van der Waals surface area contributed by atoms with Crippen LogP contribution in [0.25, 0.3) is 11.3 Å². The number of anilines is 2. The number of hydrogen-bond acceptors (Lipinski definition) is 6. The molecule has 0 bridgehead atoms. The van der Waals surface area contributed by atoms with Crippen LogP contribution in [0.4, 0.5) is 11.8 Å². The van der Waals surface area contributed by atoms with Gasteiger partial charge in [0.05, 0.1) is 11.8 Å². The average molecular weight is 339 g/mol. The van der Waals surface area contributed by atoms with Gasteiger partial charge in [0.1, 0.15) is 5.82 Å². The molecule has 0 unspecified atom stereocenters. The van der Waals surface area contributed by atoms with E-state index in [2.05, 4.69) is 20.6 Å². The highest BCUT2D eigenvalue weighted by atomic mass is 16.5. The van der Waals surface area contributed by atoms with E-state index in [1.807, 2.05) is 18.2 Å². The van der Waals surface area contributed by atoms with Crippen molar-refractivity contribution in [2.45, 2.75) is 50.7 Å². The number of nitrogens with one attached hydrogen (secondary N) is 2. The first-order valence-corrected chi connectivity index (χ1v) is 9.28. The zero-order chi connectivity index (χ0) is 16.9. The summed E-state index contributed by atoms with van der Waals surface area (Å²) in [5.74, 6) is 1.55. The van der Waals surface area contributed by atoms with E-state index in [4.69, 9.17) is 9.72 Å². The Bertz CT molecular complexity index is 681. The third-order valence-electron chi connectivity index (χ3n) is 4.93. The van der Waals surface area contributed by atoms with Gasteiger partial charge in [-0.3, -0.25) is 4.98 Å². The van der Waals surface area contributed by atoms with Crippen LogP contribution in [0.2, 0.25) is 0 Å². The smallest absolute Gasteiger partial charge is 0.225 e. The van der Waals surface area contributed by atoms with E-state index in [1.165, 1.54) is 25.7 Å². The molecule has 1 saturated heterocycles. The summed E-state index contributed by atoms with van der Waals surface area (Å²) in [5.41, 5.74) is 1.96. The van der Waals surface area contributed by atoms with Gasteiger partial charge in [-0.25, -0.2) is 4.98 Å². The van der Waals surface area contributed by atoms with E-state index in [-0.39, 0.29) is 6.10 Å². The van der Waals surface area contributed by atoms with Crippen LogP contribution in [0.3, 0.4) is 0 Å². The summed E-state index contributed by atoms with van der Waals surface area (Å²) in [6, 6.07) is 6.44. The molecular formula is C19H25N5O. The van der Waals surface area contributed by atoms with Gasteiger partial charge >= 0.3 is 0 Å². The molecule has 0 radical (unpaired) electrons. The van der Waals surface area contributed by atoms with Crippen LogP contribution in [-0.4, -0.2) is 40.2 Å². The van der Waals surface area contributed by atoms with Gasteiger partial charge in [-0.05, 0) is 37.8 Å². The Kier molecular flexibility index (Phi) is 5.06. The lowest BCUT2D eigenvalue weighted by Gasteiger charge is -2.16. The minimum absolute atomic E-state index is 0.283. The molecule has 25 heavy (non-hydrogen) atoms. The van der Waals surface area contributed by atoms with Crippen molar-refractivity contribution in [3.05, 3.63) is 30.6 Å². The second-order valence-electron chi connectivity index (χ2n) is 6.84. The molecule has 1 atom stereocenters. The first-order chi connectivity index (χ1) is 12.4. The molecule has 2 fully saturated rings. The molecular weight excluding hydrogens is 314 g/mol. The lowest BCUT2D eigenvalue weighted by molar-refractivity contribution is 0.120. The normalized spacial score (nSPS) is 20.7. The lowest BCUT2D eigenvalue weighted by atomic mass is 10.2. The van der Waals surface area contributed by atoms with E-state index in [0.29, 0.717) is 12.0 Å². The van der Waals surface area contributed by atoms with Gasteiger partial charge in [0.15, 0.2) is 0 Å². The first-order valence-electron chi connectivity index (χ1n) is 9.28. The van der Waals surface area contributed by atoms with Gasteiger partial charge < -0.3 is 15.4 Å². The van der Waals surface area contributed by atoms with Crippen molar-refractivity contribution in [2.24, 2.45) is 0 Å². The molecule has 2 aromatic heterocycles. The number of aromatic nitrogens is 3. The summed E-state index contributed by atoms with van der Waals surface area (Å²) < 4.78 is 5.70. The second-order valence-corrected chi connectivity index (χ2v) is 6.84. The Balaban J connectivity index is 1.55. The fraction of sp³-hybridized carbons (Fsp3) is 0.526. The summed E-state index contributed by atoms with van der Waals surface area (Å²) in [5, 5.41) is 6.94. The van der Waals surface area contributed by atoms with Gasteiger partial charge in [0.2, 0.25) is 5.95 Å². The third-order valence-corrected chi connectivity index (χ3v) is 4.93. The highest BCUT2D eigenvalue weighted by Gasteiger charge is 2.18. The molecule has 4 rings (SSSR count). The summed E-state index contributed by atoms with van der Waals surface area (Å²) in [7, 11) is 0. The van der Waals surface area contributed by atoms with Crippen molar-refractivity contribution < 1.29 is 4.74 Å². The van der Waals surface area contributed by atoms with E-state index < -0.39 is 0 Å². The van der Waals surface area contributed by atoms with Gasteiger partial charge in [0, 0.05) is 43.2 Å². The molecule has 0 aromatic carbocycles. The standard InChI is InChI=1S/C19H25N5O/c1-2-5-15(4-1)22-19-23-17(14-7-9-20-10-8-14)12-18(24-19)21-13-16-6-3-11-25-16/h7-10,12,15-16H,1-6,11,13H2,(H2,21,22,23,24)/t16-/m0/s1. The van der Waals surface area contributed by atoms with Crippen molar-refractivity contribution in [3.63, 3.8) is 0 Å². The highest BCUT2D eigenvalue weighted by Crippen LogP contribution is 2.25. The third kappa shape index (κ3) is 4.25. The molecule has 0 spiro atoms. The molecule has 6 nitrogen and oxygen atoms in total. The molecule has 0 amide bonds. The molecule has 3 heterocycles. The summed E-state index contributed by atoms with van der Waals surface area (Å²) in [6.07, 6.45) is 11.1. The van der Waals surface area contributed by atoms with E-state index in [9.17, 15) is 0 Å². The maximum absolute atomic E-state index is 5.70. The number of hydrogen-bond donors (Lipinski definition) is 2. The monoisotopic (exact) mass is 339 g/mol. The summed E-state index contributed by atoms with van der Waals surface area (Å²) in [4.78, 5) is 13.5. The predicted molar refractivity (Wildman–Crippen MR) is 98.6 cm³/mol. The topological polar surface area (TPSA) is 72.0 Å². The zero-order valence-corrected chi connectivity index (χ0v) is 14.4. The predicted octanol–water partition coefficient (Wildman–Crippen LogP) is 3.48. The van der Waals surface area contributed by atoms with Crippen molar-refractivity contribution in [1.82, 2.24) is 15.0 Å². The van der Waals surface area contributed by atoms with Crippen LogP contribution in [0.1, 0.15) is 38.5 Å². The van der Waals surface area contributed by atoms with Gasteiger partial charge in [-0.2, -0.15) is 4.98 Å². The minimum atomic E-state index is 0.283. The number of nitrogens with zero attached hydrogens (tertiary/aromatic N) is 3. The Labute approximate surface area is 148 Å². The molecule has 132 valence electrons. The first kappa shape index (κ1) is 16.3. The van der Waals surface area contributed by atoms with Crippen molar-refractivity contribution in [2.75, 3.05) is 23.8 Å². The van der Waals surface area contributed by atoms with E-state index in [1.54, 1.807) is 12.4 Å². The Hall–Kier alpha value is -2.21. The fourth-order valence-electron chi connectivity index (χ4n) is 3.55. The molecule has 2 aliphatic rings. The van der Waals surface area contributed by atoms with Crippen LogP contribution in [0.5, 0.6) is 0 Å². The largest absolute Gasteiger partial charge is 0.376 e. The van der Waals surface area contributed by atoms with Crippen LogP contribution >= 0.6 is 0 Å². The molecule has 1 aliphatic heterocycles. The molecule has 1 aliphatic carbocycles. The number of ether oxygens (including phenoxy) is 1. The van der Waals surface area contributed by atoms with Crippen molar-refractivity contribution >= 4 is 11.8 Å². The van der Waals surface area contributed by atoms with Gasteiger partial charge in [0.25, 0.3) is 0 Å². The zero-order valence-electron chi connectivity index (χ0n) is 14.4. The summed E-state index contributed by atoms with van der Waals surface area (Å²) in [6.45, 7) is 1.66. The van der Waals surface area contributed by atoms with Crippen LogP contribution in [0, 0.1) is 0 Å². The van der Waals surface area contributed by atoms with Crippen LogP contribution < -0.4 is 10.6 Å². The van der Waals surface area contributed by atoms with E-state index in [0.717, 1.165) is 43.1 Å². The summed E-state index contributed by atoms with van der Waals surface area (Å²) >= 11 is 0. The molecule has 1 saturated carbocycles. The van der Waals surface area contributed by atoms with Crippen molar-refractivity contribution in [1.29, 1.82) is 0 Å². The molecule has 2 aromatic rings. The Morgan fingerprint density at radius 2 is 1.88 bits per heavy atom. The Morgan fingerprint density at radius 3 is 2.64 bits per heavy atom. The van der Waals surface area contributed by atoms with E-state index >= 15 is 0 Å². The van der Waals surface area contributed by atoms with Crippen LogP contribution in [0.15, 0.2) is 30.6 Å². The van der Waals surface area contributed by atoms with Crippen molar-refractivity contribution in [3.8, 4) is 11.3 Å². The minimum Gasteiger partial charge on any atom is -0.376 e. The number of rotatable bonds is 6. The molecule has 6 heteroatoms. The van der Waals surface area contributed by atoms with Crippen LogP contribution in [-0.2, 0) is 4.74 Å². The number of pyridine rings is 1. The Morgan fingerprint density at radius 1 is 1.04 bits per heavy atom. The SMILES string of the molecule is c1cc(-c2cc(NC[C@@H]3CCCO3)nc(NC3CCCC3)n2)ccn1. The quantitative estimate of drug-likeness (QED) is 0.839. The second kappa shape index (κ2) is 7.78. The average Bonchev–Trinajstić information content (AvgIpc) is 3.34. The van der Waals surface area contributed by atoms with Gasteiger partial charge in [-0.1, -0.05) is 12.8 Å². The fourth-order valence-corrected chi connectivity index (χ4v) is 3.55. The lowest BCUT2D eigenvalue weighted by Crippen LogP contribution is -2.20.